The van der Waals surface area contributed by atoms with Gasteiger partial charge in [0, 0.05) is 24.1 Å². The molecule has 1 amide bonds. The fourth-order valence-corrected chi connectivity index (χ4v) is 1.80. The predicted molar refractivity (Wildman–Crippen MR) is 61.7 cm³/mol. The third kappa shape index (κ3) is 4.81. The van der Waals surface area contributed by atoms with Crippen LogP contribution in [-0.2, 0) is 9.63 Å². The van der Waals surface area contributed by atoms with Crippen LogP contribution in [0.4, 0.5) is 0 Å². The number of hydrogen-bond acceptors (Lipinski definition) is 3. The second-order valence-corrected chi connectivity index (χ2v) is 5.05. The molecule has 0 saturated heterocycles. The quantitative estimate of drug-likeness (QED) is 0.560. The zero-order valence-electron chi connectivity index (χ0n) is 10.5. The van der Waals surface area contributed by atoms with Gasteiger partial charge in [-0.3, -0.25) is 4.79 Å². The van der Waals surface area contributed by atoms with Gasteiger partial charge in [0.05, 0.1) is 0 Å². The number of carbonyl (C=O) groups is 1. The molecule has 0 atom stereocenters. The third-order valence-electron chi connectivity index (χ3n) is 2.25. The van der Waals surface area contributed by atoms with Gasteiger partial charge in [-0.15, -0.1) is 0 Å². The molecule has 0 aliphatic carbocycles. The van der Waals surface area contributed by atoms with E-state index in [1.807, 2.05) is 27.7 Å². The lowest BCUT2D eigenvalue weighted by molar-refractivity contribution is -0.129. The molecule has 15 heavy (non-hydrogen) atoms. The van der Waals surface area contributed by atoms with Gasteiger partial charge in [-0.2, -0.15) is 0 Å². The van der Waals surface area contributed by atoms with Crippen LogP contribution in [0, 0.1) is 10.8 Å². The smallest absolute Gasteiger partial charge is 0.225 e. The van der Waals surface area contributed by atoms with Crippen molar-refractivity contribution in [2.24, 2.45) is 16.0 Å². The van der Waals surface area contributed by atoms with E-state index in [-0.39, 0.29) is 11.3 Å². The lowest BCUT2D eigenvalue weighted by Crippen LogP contribution is -2.38. The van der Waals surface area contributed by atoms with Gasteiger partial charge in [0.15, 0.2) is 0 Å². The van der Waals surface area contributed by atoms with Crippen LogP contribution in [0.15, 0.2) is 5.16 Å². The van der Waals surface area contributed by atoms with Gasteiger partial charge >= 0.3 is 0 Å². The summed E-state index contributed by atoms with van der Waals surface area (Å²) in [7, 11) is 3.16. The topological polar surface area (TPSA) is 50.7 Å². The van der Waals surface area contributed by atoms with Crippen LogP contribution in [0.2, 0.25) is 0 Å². The van der Waals surface area contributed by atoms with E-state index in [1.54, 1.807) is 13.3 Å². The number of nitrogens with zero attached hydrogens (tertiary/aromatic N) is 1. The Morgan fingerprint density at radius 2 is 1.93 bits per heavy atom. The molecular formula is C11H22N2O2. The van der Waals surface area contributed by atoms with Crippen LogP contribution in [-0.4, -0.2) is 26.3 Å². The van der Waals surface area contributed by atoms with Gasteiger partial charge in [0.2, 0.25) is 5.91 Å². The highest BCUT2D eigenvalue weighted by molar-refractivity contribution is 5.82. The minimum atomic E-state index is -0.405. The van der Waals surface area contributed by atoms with Crippen molar-refractivity contribution in [3.63, 3.8) is 0 Å². The fraction of sp³-hybridized carbons (Fsp3) is 0.818. The van der Waals surface area contributed by atoms with Gasteiger partial charge in [-0.05, 0) is 6.42 Å². The molecule has 0 saturated carbocycles. The van der Waals surface area contributed by atoms with E-state index in [4.69, 9.17) is 0 Å². The summed E-state index contributed by atoms with van der Waals surface area (Å²) in [5.41, 5.74) is -0.565. The molecule has 1 N–H and O–H groups in total. The first-order chi connectivity index (χ1) is 6.75. The molecule has 0 aromatic heterocycles. The van der Waals surface area contributed by atoms with Crippen molar-refractivity contribution in [1.82, 2.24) is 5.32 Å². The molecule has 0 rings (SSSR count). The summed E-state index contributed by atoms with van der Waals surface area (Å²) < 4.78 is 0. The molecule has 0 bridgehead atoms. The van der Waals surface area contributed by atoms with Gasteiger partial charge in [-0.25, -0.2) is 0 Å². The number of oxime groups is 1. The lowest BCUT2D eigenvalue weighted by Gasteiger charge is -2.30. The first-order valence-electron chi connectivity index (χ1n) is 5.05. The third-order valence-corrected chi connectivity index (χ3v) is 2.25. The zero-order valence-corrected chi connectivity index (χ0v) is 10.5. The van der Waals surface area contributed by atoms with Crippen molar-refractivity contribution in [3.8, 4) is 0 Å². The highest BCUT2D eigenvalue weighted by Crippen LogP contribution is 2.32. The van der Waals surface area contributed by atoms with Crippen LogP contribution in [0.5, 0.6) is 0 Å². The molecule has 4 heteroatoms. The highest BCUT2D eigenvalue weighted by Gasteiger charge is 2.33. The van der Waals surface area contributed by atoms with E-state index >= 15 is 0 Å². The first kappa shape index (κ1) is 13.9. The molecule has 0 radical (unpaired) electrons. The fourth-order valence-electron chi connectivity index (χ4n) is 1.80. The molecule has 88 valence electrons. The van der Waals surface area contributed by atoms with Gasteiger partial charge in [0.25, 0.3) is 0 Å². The van der Waals surface area contributed by atoms with Crippen molar-refractivity contribution >= 4 is 12.1 Å². The van der Waals surface area contributed by atoms with Crippen LogP contribution in [0.3, 0.4) is 0 Å². The largest absolute Gasteiger partial charge is 0.399 e. The monoisotopic (exact) mass is 214 g/mol. The number of amides is 1. The van der Waals surface area contributed by atoms with E-state index in [0.29, 0.717) is 6.42 Å². The SMILES string of the molecule is CNC(=O)C(C)(C)CC(C)(C)/C=N/OC. The van der Waals surface area contributed by atoms with Crippen LogP contribution >= 0.6 is 0 Å². The minimum Gasteiger partial charge on any atom is -0.399 e. The Labute approximate surface area is 92.1 Å². The Balaban J connectivity index is 4.56. The Morgan fingerprint density at radius 1 is 1.40 bits per heavy atom. The van der Waals surface area contributed by atoms with Crippen molar-refractivity contribution in [3.05, 3.63) is 0 Å². The number of nitrogens with one attached hydrogen (secondary N) is 1. The zero-order chi connectivity index (χ0) is 12.1. The van der Waals surface area contributed by atoms with E-state index in [0.717, 1.165) is 0 Å². The maximum absolute atomic E-state index is 11.6. The molecule has 0 fully saturated rings. The maximum atomic E-state index is 11.6. The van der Waals surface area contributed by atoms with Crippen LogP contribution in [0.25, 0.3) is 0 Å². The summed E-state index contributed by atoms with van der Waals surface area (Å²) in [4.78, 5) is 16.2. The van der Waals surface area contributed by atoms with Crippen molar-refractivity contribution in [2.45, 2.75) is 34.1 Å². The molecule has 0 aliphatic rings. The van der Waals surface area contributed by atoms with Gasteiger partial charge in [0.1, 0.15) is 7.11 Å². The van der Waals surface area contributed by atoms with E-state index in [2.05, 4.69) is 15.3 Å². The van der Waals surface area contributed by atoms with Gasteiger partial charge < -0.3 is 10.2 Å². The number of carbonyl (C=O) groups excluding carboxylic acids is 1. The summed E-state index contributed by atoms with van der Waals surface area (Å²) in [6.45, 7) is 7.91. The lowest BCUT2D eigenvalue weighted by atomic mass is 9.75. The van der Waals surface area contributed by atoms with Crippen LogP contribution < -0.4 is 5.32 Å². The summed E-state index contributed by atoms with van der Waals surface area (Å²) >= 11 is 0. The molecule has 0 unspecified atom stereocenters. The summed E-state index contributed by atoms with van der Waals surface area (Å²) in [6, 6.07) is 0. The van der Waals surface area contributed by atoms with Crippen LogP contribution in [0.1, 0.15) is 34.1 Å². The van der Waals surface area contributed by atoms with E-state index < -0.39 is 5.41 Å². The predicted octanol–water partition coefficient (Wildman–Crippen LogP) is 1.81. The van der Waals surface area contributed by atoms with Gasteiger partial charge in [-0.1, -0.05) is 32.9 Å². The summed E-state index contributed by atoms with van der Waals surface area (Å²) in [5, 5.41) is 6.43. The molecule has 0 heterocycles. The number of rotatable bonds is 5. The normalized spacial score (nSPS) is 12.9. The molecule has 0 aliphatic heterocycles. The first-order valence-corrected chi connectivity index (χ1v) is 5.05. The Hall–Kier alpha value is -1.06. The Bertz CT molecular complexity index is 245. The second-order valence-electron chi connectivity index (χ2n) is 5.05. The molecule has 0 aromatic rings. The summed E-state index contributed by atoms with van der Waals surface area (Å²) in [6.07, 6.45) is 2.45. The average molecular weight is 214 g/mol. The Kier molecular flexibility index (Phi) is 4.78. The van der Waals surface area contributed by atoms with E-state index in [1.165, 1.54) is 7.11 Å². The molecule has 0 spiro atoms. The Morgan fingerprint density at radius 3 is 2.33 bits per heavy atom. The second kappa shape index (κ2) is 5.14. The standard InChI is InChI=1S/C11H22N2O2/c1-10(2,8-13-15-6)7-11(3,4)9(14)12-5/h8H,7H2,1-6H3,(H,12,14)/b13-8+. The van der Waals surface area contributed by atoms with Crippen molar-refractivity contribution in [1.29, 1.82) is 0 Å². The molecule has 4 nitrogen and oxygen atoms in total. The van der Waals surface area contributed by atoms with E-state index in [9.17, 15) is 4.79 Å². The van der Waals surface area contributed by atoms with Crippen molar-refractivity contribution in [2.75, 3.05) is 14.2 Å². The maximum Gasteiger partial charge on any atom is 0.225 e. The summed E-state index contributed by atoms with van der Waals surface area (Å²) in [5.74, 6) is 0.0430. The highest BCUT2D eigenvalue weighted by atomic mass is 16.6. The average Bonchev–Trinajstić information content (AvgIpc) is 2.11. The molecule has 0 aromatic carbocycles. The van der Waals surface area contributed by atoms with Crippen molar-refractivity contribution < 1.29 is 9.63 Å². The molecular weight excluding hydrogens is 192 g/mol. The minimum absolute atomic E-state index is 0.0430. The number of hydrogen-bond donors (Lipinski definition) is 1.